The van der Waals surface area contributed by atoms with Crippen LogP contribution in [-0.2, 0) is 6.42 Å². The quantitative estimate of drug-likeness (QED) is 0.675. The van der Waals surface area contributed by atoms with Crippen LogP contribution in [0.5, 0.6) is 0 Å². The molecule has 2 rings (SSSR count). The fourth-order valence-corrected chi connectivity index (χ4v) is 2.88. The van der Waals surface area contributed by atoms with Gasteiger partial charge in [0.1, 0.15) is 5.82 Å². The summed E-state index contributed by atoms with van der Waals surface area (Å²) in [6.07, 6.45) is 3.26. The van der Waals surface area contributed by atoms with Gasteiger partial charge in [0.2, 0.25) is 0 Å². The van der Waals surface area contributed by atoms with E-state index in [2.05, 4.69) is 50.5 Å². The van der Waals surface area contributed by atoms with E-state index >= 15 is 0 Å². The van der Waals surface area contributed by atoms with Gasteiger partial charge in [0, 0.05) is 18.3 Å². The standard InChI is InChI=1S/C17H25ClN2/c1-12(2)5-7-14(4)20-16-11-13(3)6-8-15(16)19-17(20)9-10-18/h6,8,11-12,14H,5,7,9-10H2,1-4H3. The summed E-state index contributed by atoms with van der Waals surface area (Å²) >= 11 is 5.95. The van der Waals surface area contributed by atoms with Gasteiger partial charge in [0.15, 0.2) is 0 Å². The number of benzene rings is 1. The zero-order valence-electron chi connectivity index (χ0n) is 13.0. The number of imidazole rings is 1. The molecule has 0 aliphatic carbocycles. The minimum absolute atomic E-state index is 0.474. The van der Waals surface area contributed by atoms with Crippen molar-refractivity contribution in [2.45, 2.75) is 53.0 Å². The van der Waals surface area contributed by atoms with Crippen molar-refractivity contribution in [2.75, 3.05) is 5.88 Å². The van der Waals surface area contributed by atoms with E-state index in [4.69, 9.17) is 16.6 Å². The van der Waals surface area contributed by atoms with Gasteiger partial charge in [-0.2, -0.15) is 0 Å². The van der Waals surface area contributed by atoms with Crippen molar-refractivity contribution in [1.82, 2.24) is 9.55 Å². The molecule has 0 amide bonds. The molecule has 2 nitrogen and oxygen atoms in total. The summed E-state index contributed by atoms with van der Waals surface area (Å²) in [7, 11) is 0. The molecule has 110 valence electrons. The van der Waals surface area contributed by atoms with Gasteiger partial charge in [0.25, 0.3) is 0 Å². The van der Waals surface area contributed by atoms with Crippen LogP contribution in [-0.4, -0.2) is 15.4 Å². The Labute approximate surface area is 127 Å². The van der Waals surface area contributed by atoms with Gasteiger partial charge in [-0.3, -0.25) is 0 Å². The predicted molar refractivity (Wildman–Crippen MR) is 87.7 cm³/mol. The number of fused-ring (bicyclic) bond motifs is 1. The molecule has 0 aliphatic rings. The molecular formula is C17H25ClN2. The van der Waals surface area contributed by atoms with Crippen molar-refractivity contribution in [3.8, 4) is 0 Å². The average molecular weight is 293 g/mol. The van der Waals surface area contributed by atoms with Gasteiger partial charge in [-0.15, -0.1) is 11.6 Å². The Morgan fingerprint density at radius 2 is 1.95 bits per heavy atom. The summed E-state index contributed by atoms with van der Waals surface area (Å²) < 4.78 is 2.40. The molecule has 1 unspecified atom stereocenters. The summed E-state index contributed by atoms with van der Waals surface area (Å²) in [5.41, 5.74) is 3.63. The minimum Gasteiger partial charge on any atom is -0.325 e. The second kappa shape index (κ2) is 6.62. The fourth-order valence-electron chi connectivity index (χ4n) is 2.71. The third-order valence-corrected chi connectivity index (χ3v) is 4.03. The lowest BCUT2D eigenvalue weighted by atomic mass is 10.0. The van der Waals surface area contributed by atoms with Crippen molar-refractivity contribution in [3.63, 3.8) is 0 Å². The number of alkyl halides is 1. The van der Waals surface area contributed by atoms with Crippen molar-refractivity contribution in [3.05, 3.63) is 29.6 Å². The molecule has 1 atom stereocenters. The van der Waals surface area contributed by atoms with Crippen molar-refractivity contribution in [1.29, 1.82) is 0 Å². The normalized spacial score (nSPS) is 13.3. The van der Waals surface area contributed by atoms with Gasteiger partial charge in [-0.05, 0) is 50.3 Å². The highest BCUT2D eigenvalue weighted by Gasteiger charge is 2.16. The molecule has 0 bridgehead atoms. The number of halogens is 1. The van der Waals surface area contributed by atoms with E-state index in [0.29, 0.717) is 11.9 Å². The lowest BCUT2D eigenvalue weighted by Crippen LogP contribution is -2.11. The molecule has 3 heteroatoms. The maximum Gasteiger partial charge on any atom is 0.111 e. The van der Waals surface area contributed by atoms with Gasteiger partial charge in [-0.25, -0.2) is 4.98 Å². The van der Waals surface area contributed by atoms with Crippen LogP contribution in [0.3, 0.4) is 0 Å². The molecule has 0 saturated heterocycles. The molecule has 1 aromatic carbocycles. The number of nitrogens with zero attached hydrogens (tertiary/aromatic N) is 2. The first kappa shape index (κ1) is 15.4. The summed E-state index contributed by atoms with van der Waals surface area (Å²) in [4.78, 5) is 4.77. The second-order valence-electron chi connectivity index (χ2n) is 6.15. The molecule has 0 radical (unpaired) electrons. The molecule has 0 fully saturated rings. The van der Waals surface area contributed by atoms with E-state index in [-0.39, 0.29) is 0 Å². The van der Waals surface area contributed by atoms with E-state index in [1.165, 1.54) is 23.9 Å². The molecule has 20 heavy (non-hydrogen) atoms. The van der Waals surface area contributed by atoms with Crippen LogP contribution in [0.1, 0.15) is 51.0 Å². The first-order chi connectivity index (χ1) is 9.52. The van der Waals surface area contributed by atoms with Crippen molar-refractivity contribution >= 4 is 22.6 Å². The van der Waals surface area contributed by atoms with Crippen LogP contribution in [0.15, 0.2) is 18.2 Å². The zero-order valence-corrected chi connectivity index (χ0v) is 13.7. The maximum absolute atomic E-state index is 5.95. The van der Waals surface area contributed by atoms with E-state index in [1.54, 1.807) is 0 Å². The Hall–Kier alpha value is -1.02. The summed E-state index contributed by atoms with van der Waals surface area (Å²) in [6.45, 7) is 8.99. The largest absolute Gasteiger partial charge is 0.325 e. The molecule has 0 spiro atoms. The van der Waals surface area contributed by atoms with Gasteiger partial charge >= 0.3 is 0 Å². The van der Waals surface area contributed by atoms with E-state index in [0.717, 1.165) is 23.7 Å². The van der Waals surface area contributed by atoms with Crippen molar-refractivity contribution < 1.29 is 0 Å². The van der Waals surface area contributed by atoms with E-state index < -0.39 is 0 Å². The Morgan fingerprint density at radius 3 is 2.60 bits per heavy atom. The van der Waals surface area contributed by atoms with E-state index in [1.807, 2.05) is 0 Å². The second-order valence-corrected chi connectivity index (χ2v) is 6.53. The summed E-state index contributed by atoms with van der Waals surface area (Å²) in [6, 6.07) is 6.96. The van der Waals surface area contributed by atoms with Crippen LogP contribution in [0, 0.1) is 12.8 Å². The topological polar surface area (TPSA) is 17.8 Å². The highest BCUT2D eigenvalue weighted by atomic mass is 35.5. The van der Waals surface area contributed by atoms with E-state index in [9.17, 15) is 0 Å². The number of aromatic nitrogens is 2. The Bertz CT molecular complexity index is 572. The molecule has 0 saturated carbocycles. The predicted octanol–water partition coefficient (Wildman–Crippen LogP) is 5.12. The van der Waals surface area contributed by atoms with Gasteiger partial charge < -0.3 is 4.57 Å². The molecule has 0 N–H and O–H groups in total. The summed E-state index contributed by atoms with van der Waals surface area (Å²) in [5.74, 6) is 2.49. The molecule has 0 aliphatic heterocycles. The van der Waals surface area contributed by atoms with Crippen molar-refractivity contribution in [2.24, 2.45) is 5.92 Å². The molecular weight excluding hydrogens is 268 g/mol. The molecule has 2 aromatic rings. The lowest BCUT2D eigenvalue weighted by Gasteiger charge is -2.18. The monoisotopic (exact) mass is 292 g/mol. The molecule has 1 aromatic heterocycles. The number of rotatable bonds is 6. The fraction of sp³-hybridized carbons (Fsp3) is 0.588. The molecule has 1 heterocycles. The number of aryl methyl sites for hydroxylation is 2. The van der Waals surface area contributed by atoms with Crippen LogP contribution in [0.2, 0.25) is 0 Å². The first-order valence-electron chi connectivity index (χ1n) is 7.56. The Balaban J connectivity index is 2.41. The van der Waals surface area contributed by atoms with Gasteiger partial charge in [-0.1, -0.05) is 19.9 Å². The zero-order chi connectivity index (χ0) is 14.7. The van der Waals surface area contributed by atoms with Gasteiger partial charge in [0.05, 0.1) is 11.0 Å². The maximum atomic E-state index is 5.95. The summed E-state index contributed by atoms with van der Waals surface area (Å²) in [5, 5.41) is 0. The Morgan fingerprint density at radius 1 is 1.20 bits per heavy atom. The lowest BCUT2D eigenvalue weighted by molar-refractivity contribution is 0.438. The van der Waals surface area contributed by atoms with Crippen LogP contribution < -0.4 is 0 Å². The third kappa shape index (κ3) is 3.35. The number of hydrogen-bond donors (Lipinski definition) is 0. The van der Waals surface area contributed by atoms with Crippen LogP contribution in [0.25, 0.3) is 11.0 Å². The highest BCUT2D eigenvalue weighted by Crippen LogP contribution is 2.26. The SMILES string of the molecule is Cc1ccc2nc(CCCl)n(C(C)CCC(C)C)c2c1. The average Bonchev–Trinajstić information content (AvgIpc) is 2.73. The first-order valence-corrected chi connectivity index (χ1v) is 8.09. The van der Waals surface area contributed by atoms with Crippen LogP contribution >= 0.6 is 11.6 Å². The Kier molecular flexibility index (Phi) is 5.09. The van der Waals surface area contributed by atoms with Crippen LogP contribution in [0.4, 0.5) is 0 Å². The number of hydrogen-bond acceptors (Lipinski definition) is 1. The highest BCUT2D eigenvalue weighted by molar-refractivity contribution is 6.17. The third-order valence-electron chi connectivity index (χ3n) is 3.84. The smallest absolute Gasteiger partial charge is 0.111 e. The minimum atomic E-state index is 0.474.